The molecule has 6 heteroatoms. The topological polar surface area (TPSA) is 58.6 Å². The first-order valence-electron chi connectivity index (χ1n) is 7.95. The highest BCUT2D eigenvalue weighted by Gasteiger charge is 2.27. The van der Waals surface area contributed by atoms with Crippen molar-refractivity contribution in [3.8, 4) is 0 Å². The molecule has 1 amide bonds. The third kappa shape index (κ3) is 4.86. The first kappa shape index (κ1) is 17.6. The second kappa shape index (κ2) is 8.20. The van der Waals surface area contributed by atoms with Crippen LogP contribution in [0.1, 0.15) is 25.3 Å². The van der Waals surface area contributed by atoms with Crippen molar-refractivity contribution >= 4 is 29.2 Å². The summed E-state index contributed by atoms with van der Waals surface area (Å²) in [5.74, 6) is -0.195. The molecule has 5 nitrogen and oxygen atoms in total. The zero-order valence-electron chi connectivity index (χ0n) is 13.6. The number of rotatable bonds is 5. The van der Waals surface area contributed by atoms with Gasteiger partial charge in [-0.1, -0.05) is 17.7 Å². The lowest BCUT2D eigenvalue weighted by Crippen LogP contribution is -2.43. The molecular formula is C17H23ClN2O3. The van der Waals surface area contributed by atoms with Crippen LogP contribution in [0, 0.1) is 12.8 Å². The summed E-state index contributed by atoms with van der Waals surface area (Å²) in [6.07, 6.45) is 1.34. The zero-order valence-corrected chi connectivity index (χ0v) is 14.4. The molecule has 0 unspecified atom stereocenters. The van der Waals surface area contributed by atoms with Crippen LogP contribution in [0.15, 0.2) is 18.2 Å². The summed E-state index contributed by atoms with van der Waals surface area (Å²) in [5.41, 5.74) is 1.83. The van der Waals surface area contributed by atoms with Crippen LogP contribution in [-0.4, -0.2) is 43.0 Å². The van der Waals surface area contributed by atoms with E-state index in [-0.39, 0.29) is 24.3 Å². The van der Waals surface area contributed by atoms with Gasteiger partial charge in [-0.15, -0.1) is 0 Å². The summed E-state index contributed by atoms with van der Waals surface area (Å²) in [5, 5.41) is 3.78. The summed E-state index contributed by atoms with van der Waals surface area (Å²) in [6.45, 7) is 5.56. The molecule has 0 spiro atoms. The number of hydrogen-bond acceptors (Lipinski definition) is 4. The van der Waals surface area contributed by atoms with Crippen molar-refractivity contribution in [3.05, 3.63) is 28.8 Å². The van der Waals surface area contributed by atoms with Crippen LogP contribution in [0.5, 0.6) is 0 Å². The molecule has 0 aromatic heterocycles. The molecule has 2 rings (SSSR count). The Kier molecular flexibility index (Phi) is 6.28. The zero-order chi connectivity index (χ0) is 16.8. The van der Waals surface area contributed by atoms with E-state index < -0.39 is 0 Å². The Hall–Kier alpha value is -1.75. The van der Waals surface area contributed by atoms with Crippen molar-refractivity contribution in [2.75, 3.05) is 31.6 Å². The first-order chi connectivity index (χ1) is 11.0. The van der Waals surface area contributed by atoms with E-state index in [1.165, 1.54) is 0 Å². The minimum absolute atomic E-state index is 0.0315. The van der Waals surface area contributed by atoms with E-state index >= 15 is 0 Å². The van der Waals surface area contributed by atoms with E-state index in [0.29, 0.717) is 37.6 Å². The maximum atomic E-state index is 12.2. The van der Waals surface area contributed by atoms with Gasteiger partial charge < -0.3 is 15.0 Å². The number of aryl methyl sites for hydroxylation is 1. The van der Waals surface area contributed by atoms with Crippen molar-refractivity contribution in [1.82, 2.24) is 4.90 Å². The quantitative estimate of drug-likeness (QED) is 0.839. The van der Waals surface area contributed by atoms with Crippen LogP contribution in [0.3, 0.4) is 0 Å². The fraction of sp³-hybridized carbons (Fsp3) is 0.529. The molecule has 1 aliphatic heterocycles. The lowest BCUT2D eigenvalue weighted by atomic mass is 9.97. The minimum Gasteiger partial charge on any atom is -0.466 e. The van der Waals surface area contributed by atoms with Crippen molar-refractivity contribution in [3.63, 3.8) is 0 Å². The third-order valence-corrected chi connectivity index (χ3v) is 4.49. The number of halogens is 1. The number of amides is 1. The molecule has 0 saturated carbocycles. The molecule has 0 aliphatic carbocycles. The smallest absolute Gasteiger partial charge is 0.309 e. The number of carbonyl (C=O) groups excluding carboxylic acids is 2. The standard InChI is InChI=1S/C17H23ClN2O3/c1-3-23-17(22)13-6-8-20(9-7-13)16(21)11-19-14-5-4-12(2)15(18)10-14/h4-5,10,13,19H,3,6-9,11H2,1-2H3. The maximum absolute atomic E-state index is 12.2. The Morgan fingerprint density at radius 3 is 2.65 bits per heavy atom. The van der Waals surface area contributed by atoms with E-state index in [1.54, 1.807) is 11.8 Å². The molecule has 1 aromatic carbocycles. The highest BCUT2D eigenvalue weighted by Crippen LogP contribution is 2.21. The lowest BCUT2D eigenvalue weighted by Gasteiger charge is -2.31. The SMILES string of the molecule is CCOC(=O)C1CCN(C(=O)CNc2ccc(C)c(Cl)c2)CC1. The fourth-order valence-corrected chi connectivity index (χ4v) is 2.80. The van der Waals surface area contributed by atoms with Crippen LogP contribution in [0.4, 0.5) is 5.69 Å². The van der Waals surface area contributed by atoms with Crippen molar-refractivity contribution in [2.45, 2.75) is 26.7 Å². The average molecular weight is 339 g/mol. The molecule has 1 aromatic rings. The highest BCUT2D eigenvalue weighted by atomic mass is 35.5. The highest BCUT2D eigenvalue weighted by molar-refractivity contribution is 6.31. The molecule has 1 heterocycles. The van der Waals surface area contributed by atoms with Crippen molar-refractivity contribution in [2.24, 2.45) is 5.92 Å². The molecular weight excluding hydrogens is 316 g/mol. The predicted molar refractivity (Wildman–Crippen MR) is 90.6 cm³/mol. The second-order valence-corrected chi connectivity index (χ2v) is 6.13. The summed E-state index contributed by atoms with van der Waals surface area (Å²) in [4.78, 5) is 25.7. The molecule has 1 aliphatic rings. The maximum Gasteiger partial charge on any atom is 0.309 e. The molecule has 1 N–H and O–H groups in total. The first-order valence-corrected chi connectivity index (χ1v) is 8.33. The number of ether oxygens (including phenoxy) is 1. The summed E-state index contributed by atoms with van der Waals surface area (Å²) in [7, 11) is 0. The van der Waals surface area contributed by atoms with E-state index in [2.05, 4.69) is 5.32 Å². The van der Waals surface area contributed by atoms with E-state index in [4.69, 9.17) is 16.3 Å². The molecule has 0 bridgehead atoms. The number of nitrogens with zero attached hydrogens (tertiary/aromatic N) is 1. The summed E-state index contributed by atoms with van der Waals surface area (Å²) < 4.78 is 5.04. The number of nitrogens with one attached hydrogen (secondary N) is 1. The van der Waals surface area contributed by atoms with Crippen LogP contribution >= 0.6 is 11.6 Å². The Bertz CT molecular complexity index is 569. The van der Waals surface area contributed by atoms with E-state index in [1.807, 2.05) is 25.1 Å². The van der Waals surface area contributed by atoms with Gasteiger partial charge in [0, 0.05) is 23.8 Å². The fourth-order valence-electron chi connectivity index (χ4n) is 2.62. The van der Waals surface area contributed by atoms with Gasteiger partial charge in [-0.25, -0.2) is 0 Å². The van der Waals surface area contributed by atoms with E-state index in [0.717, 1.165) is 11.3 Å². The van der Waals surface area contributed by atoms with Gasteiger partial charge in [-0.05, 0) is 44.4 Å². The predicted octanol–water partition coefficient (Wildman–Crippen LogP) is 2.86. The Morgan fingerprint density at radius 1 is 1.35 bits per heavy atom. The van der Waals surface area contributed by atoms with Gasteiger partial charge in [0.2, 0.25) is 5.91 Å². The number of piperidine rings is 1. The van der Waals surface area contributed by atoms with Gasteiger partial charge >= 0.3 is 5.97 Å². The Labute approximate surface area is 141 Å². The third-order valence-electron chi connectivity index (χ3n) is 4.08. The van der Waals surface area contributed by atoms with Gasteiger partial charge in [-0.3, -0.25) is 9.59 Å². The number of likely N-dealkylation sites (tertiary alicyclic amines) is 1. The van der Waals surface area contributed by atoms with Gasteiger partial charge in [0.1, 0.15) is 0 Å². The Balaban J connectivity index is 1.79. The second-order valence-electron chi connectivity index (χ2n) is 5.72. The van der Waals surface area contributed by atoms with Crippen LogP contribution in [-0.2, 0) is 14.3 Å². The molecule has 0 atom stereocenters. The molecule has 0 radical (unpaired) electrons. The summed E-state index contributed by atoms with van der Waals surface area (Å²) >= 11 is 6.07. The number of anilines is 1. The molecule has 1 fully saturated rings. The number of benzene rings is 1. The number of esters is 1. The van der Waals surface area contributed by atoms with E-state index in [9.17, 15) is 9.59 Å². The Morgan fingerprint density at radius 2 is 2.04 bits per heavy atom. The van der Waals surface area contributed by atoms with Gasteiger partial charge in [-0.2, -0.15) is 0 Å². The normalized spacial score (nSPS) is 15.3. The van der Waals surface area contributed by atoms with Gasteiger partial charge in [0.25, 0.3) is 0 Å². The lowest BCUT2D eigenvalue weighted by molar-refractivity contribution is -0.151. The largest absolute Gasteiger partial charge is 0.466 e. The minimum atomic E-state index is -0.146. The number of hydrogen-bond donors (Lipinski definition) is 1. The molecule has 23 heavy (non-hydrogen) atoms. The summed E-state index contributed by atoms with van der Waals surface area (Å²) in [6, 6.07) is 5.64. The van der Waals surface area contributed by atoms with Crippen molar-refractivity contribution < 1.29 is 14.3 Å². The van der Waals surface area contributed by atoms with Crippen LogP contribution in [0.2, 0.25) is 5.02 Å². The van der Waals surface area contributed by atoms with Crippen LogP contribution < -0.4 is 5.32 Å². The van der Waals surface area contributed by atoms with Crippen molar-refractivity contribution in [1.29, 1.82) is 0 Å². The van der Waals surface area contributed by atoms with Gasteiger partial charge in [0.05, 0.1) is 19.1 Å². The molecule has 126 valence electrons. The van der Waals surface area contributed by atoms with Gasteiger partial charge in [0.15, 0.2) is 0 Å². The monoisotopic (exact) mass is 338 g/mol. The average Bonchev–Trinajstić information content (AvgIpc) is 2.56. The number of carbonyl (C=O) groups is 2. The molecule has 1 saturated heterocycles. The van der Waals surface area contributed by atoms with Crippen LogP contribution in [0.25, 0.3) is 0 Å².